The van der Waals surface area contributed by atoms with Gasteiger partial charge in [-0.25, -0.2) is 9.78 Å². The van der Waals surface area contributed by atoms with Gasteiger partial charge in [-0.2, -0.15) is 13.2 Å². The molecule has 0 unspecified atom stereocenters. The van der Waals surface area contributed by atoms with Gasteiger partial charge in [-0.05, 0) is 63.3 Å². The fourth-order valence-corrected chi connectivity index (χ4v) is 5.38. The number of alkyl carbamates (subject to hydrolysis) is 1. The molecule has 2 N–H and O–H groups in total. The molecule has 5 aromatic rings. The standard InChI is InChI=1S/C32H28F3N3O4/c1-30(2,3)42-29(40)38-31(16-7-17-31)20-12-10-18(11-13-20)23-25(39)21-14-15-22-24(37-28(36-22)32(33,34)35)27(21)41-26(23)19-8-5-4-6-9-19/h4-6,8-15H,7,16-17H2,1-3H3,(H,36,37)(H,38,40). The zero-order chi connectivity index (χ0) is 29.9. The zero-order valence-electron chi connectivity index (χ0n) is 23.2. The van der Waals surface area contributed by atoms with Crippen molar-refractivity contribution in [3.63, 3.8) is 0 Å². The second-order valence-electron chi connectivity index (χ2n) is 11.6. The largest absolute Gasteiger partial charge is 0.453 e. The van der Waals surface area contributed by atoms with Crippen LogP contribution in [0.3, 0.4) is 0 Å². The van der Waals surface area contributed by atoms with Crippen molar-refractivity contribution in [3.05, 3.63) is 88.3 Å². The van der Waals surface area contributed by atoms with E-state index in [1.54, 1.807) is 57.2 Å². The topological polar surface area (TPSA) is 97.2 Å². The number of nitrogens with one attached hydrogen (secondary N) is 2. The van der Waals surface area contributed by atoms with E-state index in [2.05, 4.69) is 15.3 Å². The average molecular weight is 576 g/mol. The number of carbonyl (C=O) groups excluding carboxylic acids is 1. The highest BCUT2D eigenvalue weighted by Crippen LogP contribution is 2.43. The number of aromatic amines is 1. The predicted octanol–water partition coefficient (Wildman–Crippen LogP) is 7.93. The van der Waals surface area contributed by atoms with Gasteiger partial charge in [0.1, 0.15) is 16.9 Å². The Morgan fingerprint density at radius 1 is 0.976 bits per heavy atom. The Morgan fingerprint density at radius 2 is 1.67 bits per heavy atom. The van der Waals surface area contributed by atoms with E-state index in [0.29, 0.717) is 11.1 Å². The molecule has 0 bridgehead atoms. The molecule has 1 fully saturated rings. The molecule has 42 heavy (non-hydrogen) atoms. The maximum absolute atomic E-state index is 14.0. The third-order valence-electron chi connectivity index (χ3n) is 7.49. The van der Waals surface area contributed by atoms with Crippen LogP contribution in [0.4, 0.5) is 18.0 Å². The lowest BCUT2D eigenvalue weighted by molar-refractivity contribution is -0.144. The molecule has 2 heterocycles. The Bertz CT molecular complexity index is 1860. The molecule has 0 aliphatic heterocycles. The number of amides is 1. The van der Waals surface area contributed by atoms with Crippen molar-refractivity contribution in [3.8, 4) is 22.5 Å². The van der Waals surface area contributed by atoms with E-state index in [0.717, 1.165) is 24.8 Å². The van der Waals surface area contributed by atoms with Gasteiger partial charge in [0.05, 0.1) is 22.0 Å². The molecule has 6 rings (SSSR count). The van der Waals surface area contributed by atoms with Gasteiger partial charge in [0.25, 0.3) is 0 Å². The van der Waals surface area contributed by atoms with Crippen LogP contribution in [0.5, 0.6) is 0 Å². The van der Waals surface area contributed by atoms with Gasteiger partial charge in [-0.3, -0.25) is 4.79 Å². The molecule has 0 spiro atoms. The van der Waals surface area contributed by atoms with Crippen LogP contribution in [0.15, 0.2) is 75.9 Å². The first kappa shape index (κ1) is 27.6. The van der Waals surface area contributed by atoms with Gasteiger partial charge in [-0.1, -0.05) is 54.6 Å². The molecule has 1 aliphatic carbocycles. The maximum Gasteiger partial charge on any atom is 0.449 e. The number of carbonyl (C=O) groups is 1. The summed E-state index contributed by atoms with van der Waals surface area (Å²) in [6.07, 6.45) is -2.74. The van der Waals surface area contributed by atoms with Crippen LogP contribution in [0.25, 0.3) is 44.5 Å². The molecule has 7 nitrogen and oxygen atoms in total. The van der Waals surface area contributed by atoms with Crippen LogP contribution < -0.4 is 10.7 Å². The molecule has 0 atom stereocenters. The number of hydrogen-bond donors (Lipinski definition) is 2. The first-order valence-corrected chi connectivity index (χ1v) is 13.6. The van der Waals surface area contributed by atoms with E-state index in [4.69, 9.17) is 9.15 Å². The van der Waals surface area contributed by atoms with Gasteiger partial charge in [0, 0.05) is 5.56 Å². The number of nitrogens with zero attached hydrogens (tertiary/aromatic N) is 1. The summed E-state index contributed by atoms with van der Waals surface area (Å²) in [5.41, 5.74) is 0.713. The Labute approximate surface area is 238 Å². The SMILES string of the molecule is CC(C)(C)OC(=O)NC1(c2ccc(-c3c(-c4ccccc4)oc4c(ccc5[nH]c(C(F)(F)F)nc54)c3=O)cc2)CCC1. The molecule has 3 aromatic carbocycles. The van der Waals surface area contributed by atoms with Gasteiger partial charge >= 0.3 is 12.3 Å². The Balaban J connectivity index is 1.48. The van der Waals surface area contributed by atoms with Crippen LogP contribution in [-0.2, 0) is 16.5 Å². The fourth-order valence-electron chi connectivity index (χ4n) is 5.38. The summed E-state index contributed by atoms with van der Waals surface area (Å²) in [5.74, 6) is -0.950. The first-order chi connectivity index (χ1) is 19.8. The quantitative estimate of drug-likeness (QED) is 0.227. The van der Waals surface area contributed by atoms with E-state index in [1.165, 1.54) is 12.1 Å². The Kier molecular flexibility index (Phi) is 6.40. The van der Waals surface area contributed by atoms with Crippen molar-refractivity contribution >= 4 is 28.1 Å². The molecule has 0 saturated heterocycles. The minimum atomic E-state index is -4.69. The summed E-state index contributed by atoms with van der Waals surface area (Å²) >= 11 is 0. The van der Waals surface area contributed by atoms with Crippen LogP contribution in [0.1, 0.15) is 51.4 Å². The average Bonchev–Trinajstić information content (AvgIpc) is 3.36. The number of hydrogen-bond acceptors (Lipinski definition) is 5. The summed E-state index contributed by atoms with van der Waals surface area (Å²) in [4.78, 5) is 32.6. The summed E-state index contributed by atoms with van der Waals surface area (Å²) < 4.78 is 52.0. The number of benzene rings is 3. The van der Waals surface area contributed by atoms with E-state index in [1.807, 2.05) is 18.2 Å². The number of alkyl halides is 3. The zero-order valence-corrected chi connectivity index (χ0v) is 23.2. The maximum atomic E-state index is 14.0. The molecule has 1 amide bonds. The lowest BCUT2D eigenvalue weighted by atomic mass is 9.71. The Hall–Kier alpha value is -4.60. The minimum Gasteiger partial charge on any atom is -0.453 e. The molecular weight excluding hydrogens is 547 g/mol. The number of imidazole rings is 1. The number of fused-ring (bicyclic) bond motifs is 3. The monoisotopic (exact) mass is 575 g/mol. The molecule has 0 radical (unpaired) electrons. The van der Waals surface area contributed by atoms with Crippen molar-refractivity contribution in [2.45, 2.75) is 57.3 Å². The van der Waals surface area contributed by atoms with Crippen molar-refractivity contribution < 1.29 is 27.1 Å². The summed E-state index contributed by atoms with van der Waals surface area (Å²) in [6.45, 7) is 5.42. The molecule has 1 aliphatic rings. The third-order valence-corrected chi connectivity index (χ3v) is 7.49. The van der Waals surface area contributed by atoms with Crippen LogP contribution >= 0.6 is 0 Å². The van der Waals surface area contributed by atoms with Crippen molar-refractivity contribution in [1.29, 1.82) is 0 Å². The smallest absolute Gasteiger partial charge is 0.449 e. The van der Waals surface area contributed by atoms with E-state index >= 15 is 0 Å². The van der Waals surface area contributed by atoms with Gasteiger partial charge in [-0.15, -0.1) is 0 Å². The number of aromatic nitrogens is 2. The normalized spacial score (nSPS) is 15.0. The first-order valence-electron chi connectivity index (χ1n) is 13.6. The van der Waals surface area contributed by atoms with Crippen LogP contribution in [0.2, 0.25) is 0 Å². The number of halogens is 3. The summed E-state index contributed by atoms with van der Waals surface area (Å²) in [5, 5.41) is 3.15. The molecule has 216 valence electrons. The molecule has 2 aromatic heterocycles. The lowest BCUT2D eigenvalue weighted by Crippen LogP contribution is -2.52. The highest BCUT2D eigenvalue weighted by molar-refractivity contribution is 6.03. The minimum absolute atomic E-state index is 0.0292. The van der Waals surface area contributed by atoms with Gasteiger partial charge < -0.3 is 19.5 Å². The third kappa shape index (κ3) is 4.91. The number of rotatable bonds is 4. The summed E-state index contributed by atoms with van der Waals surface area (Å²) in [6, 6.07) is 19.1. The predicted molar refractivity (Wildman–Crippen MR) is 153 cm³/mol. The van der Waals surface area contributed by atoms with E-state index in [-0.39, 0.29) is 33.3 Å². The number of ether oxygens (including phenoxy) is 1. The van der Waals surface area contributed by atoms with Gasteiger partial charge in [0.2, 0.25) is 11.3 Å². The molecular formula is C32H28F3N3O4. The highest BCUT2D eigenvalue weighted by Gasteiger charge is 2.41. The highest BCUT2D eigenvalue weighted by atomic mass is 19.4. The van der Waals surface area contributed by atoms with Crippen molar-refractivity contribution in [1.82, 2.24) is 15.3 Å². The van der Waals surface area contributed by atoms with Crippen LogP contribution in [0, 0.1) is 0 Å². The molecule has 10 heteroatoms. The van der Waals surface area contributed by atoms with Crippen molar-refractivity contribution in [2.24, 2.45) is 0 Å². The molecule has 1 saturated carbocycles. The van der Waals surface area contributed by atoms with Crippen LogP contribution in [-0.4, -0.2) is 21.7 Å². The second kappa shape index (κ2) is 9.75. The Morgan fingerprint density at radius 3 is 2.26 bits per heavy atom. The van der Waals surface area contributed by atoms with E-state index in [9.17, 15) is 22.8 Å². The summed E-state index contributed by atoms with van der Waals surface area (Å²) in [7, 11) is 0. The second-order valence-corrected chi connectivity index (χ2v) is 11.6. The van der Waals surface area contributed by atoms with Crippen molar-refractivity contribution in [2.75, 3.05) is 0 Å². The number of H-pyrrole nitrogens is 1. The van der Waals surface area contributed by atoms with E-state index < -0.39 is 34.7 Å². The van der Waals surface area contributed by atoms with Gasteiger partial charge in [0.15, 0.2) is 5.58 Å². The fraction of sp³-hybridized carbons (Fsp3) is 0.281. The lowest BCUT2D eigenvalue weighted by Gasteiger charge is -2.43.